The van der Waals surface area contributed by atoms with Crippen molar-refractivity contribution in [1.82, 2.24) is 20.5 Å². The van der Waals surface area contributed by atoms with Gasteiger partial charge in [0.15, 0.2) is 0 Å². The third-order valence-corrected chi connectivity index (χ3v) is 6.18. The number of hydrogen-bond acceptors (Lipinski definition) is 7. The minimum Gasteiger partial charge on any atom is -0.395 e. The van der Waals surface area contributed by atoms with Crippen LogP contribution >= 0.6 is 11.8 Å². The third kappa shape index (κ3) is 8.97. The molecule has 182 valence electrons. The van der Waals surface area contributed by atoms with Gasteiger partial charge in [0.2, 0.25) is 5.95 Å². The molecule has 9 heteroatoms. The number of halogens is 1. The zero-order chi connectivity index (χ0) is 24.8. The molecule has 2 aromatic heterocycles. The van der Waals surface area contributed by atoms with Gasteiger partial charge in [0, 0.05) is 30.8 Å². The Morgan fingerprint density at radius 3 is 2.74 bits per heavy atom. The maximum atomic E-state index is 13.3. The molecule has 1 fully saturated rings. The number of aliphatic imine (C=N–C) groups is 2. The van der Waals surface area contributed by atoms with Gasteiger partial charge in [-0.25, -0.2) is 4.98 Å². The van der Waals surface area contributed by atoms with Gasteiger partial charge in [-0.2, -0.15) is 9.49 Å². The summed E-state index contributed by atoms with van der Waals surface area (Å²) in [4.78, 5) is 12.3. The van der Waals surface area contributed by atoms with Gasteiger partial charge in [-0.15, -0.1) is 11.8 Å². The minimum atomic E-state index is -0.529. The average molecular weight is 484 g/mol. The van der Waals surface area contributed by atoms with Crippen LogP contribution in [0.2, 0.25) is 0 Å². The lowest BCUT2D eigenvalue weighted by Crippen LogP contribution is -2.18. The molecule has 0 unspecified atom stereocenters. The van der Waals surface area contributed by atoms with Gasteiger partial charge in [0.1, 0.15) is 0 Å². The van der Waals surface area contributed by atoms with Gasteiger partial charge in [0.25, 0.3) is 0 Å². The van der Waals surface area contributed by atoms with Crippen LogP contribution in [0.4, 0.5) is 4.39 Å². The Morgan fingerprint density at radius 2 is 2.12 bits per heavy atom. The number of thioether (sulfide) groups is 1. The number of aryl methyl sites for hydroxylation is 1. The number of nitrogens with two attached hydrogens (primary N) is 1. The minimum absolute atomic E-state index is 0.372. The summed E-state index contributed by atoms with van der Waals surface area (Å²) < 4.78 is 13.3. The zero-order valence-corrected chi connectivity index (χ0v) is 20.7. The standard InChI is InChI=1S/C16H23FN4.C9H11N3S/c1-11-8-9-14(17)21-16(11)15(18)13(19-2)10-20-12-6-4-3-5-7-12;1-3-9(10-2)7-13-6-8-4-11-12-5-8/h8-10,12,19H,3-7,18H2,1-2H3;3-5,7H,1-2,6H2,(H,11,12)/b15-13+,20-10?;9-7-. The SMILES string of the molecule is C=C/C(=C/SCc1cn[nH]c1)N=C.CN/C(C=NC1CCCCC1)=C(/N)c1nc(F)ccc1C. The van der Waals surface area contributed by atoms with Crippen molar-refractivity contribution >= 4 is 30.4 Å². The van der Waals surface area contributed by atoms with Crippen molar-refractivity contribution in [1.29, 1.82) is 0 Å². The first kappa shape index (κ1) is 27.0. The number of nitrogens with zero attached hydrogens (tertiary/aromatic N) is 4. The van der Waals surface area contributed by atoms with Crippen LogP contribution in [0.3, 0.4) is 0 Å². The average Bonchev–Trinajstić information content (AvgIpc) is 3.38. The lowest BCUT2D eigenvalue weighted by Gasteiger charge is -2.17. The highest BCUT2D eigenvalue weighted by Crippen LogP contribution is 2.21. The van der Waals surface area contributed by atoms with Gasteiger partial charge < -0.3 is 11.1 Å². The Bertz CT molecular complexity index is 996. The molecule has 0 spiro atoms. The lowest BCUT2D eigenvalue weighted by atomic mass is 9.96. The first-order chi connectivity index (χ1) is 16.5. The van der Waals surface area contributed by atoms with Crippen LogP contribution in [-0.2, 0) is 5.75 Å². The summed E-state index contributed by atoms with van der Waals surface area (Å²) in [6.07, 6.45) is 13.1. The molecule has 0 atom stereocenters. The van der Waals surface area contributed by atoms with Crippen LogP contribution < -0.4 is 11.1 Å². The highest BCUT2D eigenvalue weighted by Gasteiger charge is 2.13. The second-order valence-corrected chi connectivity index (χ2v) is 8.63. The van der Waals surface area contributed by atoms with Crippen molar-refractivity contribution in [2.24, 2.45) is 15.7 Å². The number of aromatic nitrogens is 3. The lowest BCUT2D eigenvalue weighted by molar-refractivity contribution is 0.444. The molecule has 4 N–H and O–H groups in total. The number of H-pyrrole nitrogens is 1. The maximum Gasteiger partial charge on any atom is 0.213 e. The van der Waals surface area contributed by atoms with Gasteiger partial charge in [-0.05, 0) is 49.6 Å². The molecule has 2 heterocycles. The van der Waals surface area contributed by atoms with Crippen LogP contribution in [0.1, 0.15) is 48.9 Å². The molecular formula is C25H34FN7S. The Labute approximate surface area is 205 Å². The van der Waals surface area contributed by atoms with Crippen LogP contribution in [-0.4, -0.2) is 41.2 Å². The molecule has 0 aromatic carbocycles. The van der Waals surface area contributed by atoms with Gasteiger partial charge >= 0.3 is 0 Å². The van der Waals surface area contributed by atoms with E-state index < -0.39 is 5.95 Å². The van der Waals surface area contributed by atoms with Crippen LogP contribution in [0.25, 0.3) is 5.70 Å². The van der Waals surface area contributed by atoms with Crippen molar-refractivity contribution in [2.45, 2.75) is 50.8 Å². The Morgan fingerprint density at radius 1 is 1.35 bits per heavy atom. The van der Waals surface area contributed by atoms with E-state index in [1.165, 1.54) is 25.3 Å². The van der Waals surface area contributed by atoms with E-state index in [-0.39, 0.29) is 0 Å². The van der Waals surface area contributed by atoms with E-state index in [0.29, 0.717) is 23.1 Å². The molecule has 34 heavy (non-hydrogen) atoms. The quantitative estimate of drug-likeness (QED) is 0.260. The fourth-order valence-corrected chi connectivity index (χ4v) is 4.09. The molecule has 3 rings (SSSR count). The van der Waals surface area contributed by atoms with E-state index in [0.717, 1.165) is 35.4 Å². The van der Waals surface area contributed by atoms with Gasteiger partial charge in [-0.3, -0.25) is 15.1 Å². The molecular weight excluding hydrogens is 449 g/mol. The normalized spacial score (nSPS) is 15.3. The molecule has 2 aromatic rings. The third-order valence-electron chi connectivity index (χ3n) is 5.27. The van der Waals surface area contributed by atoms with Crippen molar-refractivity contribution in [3.8, 4) is 0 Å². The van der Waals surface area contributed by atoms with Crippen LogP contribution in [0.15, 0.2) is 64.0 Å². The number of allylic oxidation sites excluding steroid dienone is 2. The molecule has 1 aliphatic carbocycles. The summed E-state index contributed by atoms with van der Waals surface area (Å²) in [5.41, 5.74) is 10.5. The summed E-state index contributed by atoms with van der Waals surface area (Å²) in [6.45, 7) is 8.90. The number of nitrogens with one attached hydrogen (secondary N) is 2. The van der Waals surface area contributed by atoms with E-state index in [1.807, 2.05) is 18.5 Å². The molecule has 0 aliphatic heterocycles. The topological polar surface area (TPSA) is 104 Å². The second kappa shape index (κ2) is 14.8. The zero-order valence-electron chi connectivity index (χ0n) is 19.9. The maximum absolute atomic E-state index is 13.3. The summed E-state index contributed by atoms with van der Waals surface area (Å²) in [7, 11) is 1.78. The fourth-order valence-electron chi connectivity index (χ4n) is 3.31. The predicted molar refractivity (Wildman–Crippen MR) is 142 cm³/mol. The summed E-state index contributed by atoms with van der Waals surface area (Å²) in [5, 5.41) is 11.6. The van der Waals surface area contributed by atoms with Crippen molar-refractivity contribution in [3.63, 3.8) is 0 Å². The Kier molecular flexibility index (Phi) is 11.8. The number of rotatable bonds is 9. The number of aromatic amines is 1. The predicted octanol–water partition coefficient (Wildman–Crippen LogP) is 5.15. The summed E-state index contributed by atoms with van der Waals surface area (Å²) in [6, 6.07) is 3.38. The first-order valence-electron chi connectivity index (χ1n) is 11.2. The van der Waals surface area contributed by atoms with Gasteiger partial charge in [-0.1, -0.05) is 31.9 Å². The van der Waals surface area contributed by atoms with E-state index in [9.17, 15) is 4.39 Å². The van der Waals surface area contributed by atoms with Crippen molar-refractivity contribution in [2.75, 3.05) is 7.05 Å². The highest BCUT2D eigenvalue weighted by molar-refractivity contribution is 8.01. The van der Waals surface area contributed by atoms with E-state index in [2.05, 4.69) is 43.8 Å². The van der Waals surface area contributed by atoms with E-state index in [4.69, 9.17) is 5.73 Å². The monoisotopic (exact) mass is 483 g/mol. The van der Waals surface area contributed by atoms with Crippen molar-refractivity contribution in [3.05, 3.63) is 76.8 Å². The first-order valence-corrected chi connectivity index (χ1v) is 12.3. The van der Waals surface area contributed by atoms with E-state index >= 15 is 0 Å². The second-order valence-electron chi connectivity index (χ2n) is 7.77. The molecule has 0 amide bonds. The Balaban J connectivity index is 0.000000270. The van der Waals surface area contributed by atoms with Gasteiger partial charge in [0.05, 0.1) is 35.0 Å². The molecule has 0 radical (unpaired) electrons. The smallest absolute Gasteiger partial charge is 0.213 e. The molecule has 0 bridgehead atoms. The number of hydrogen-bond donors (Lipinski definition) is 3. The molecule has 1 aliphatic rings. The van der Waals surface area contributed by atoms with Crippen molar-refractivity contribution < 1.29 is 4.39 Å². The molecule has 0 saturated heterocycles. The van der Waals surface area contributed by atoms with Crippen LogP contribution in [0, 0.1) is 12.9 Å². The fraction of sp³-hybridized carbons (Fsp3) is 0.360. The number of pyridine rings is 1. The highest BCUT2D eigenvalue weighted by atomic mass is 32.2. The Hall–Kier alpha value is -3.20. The largest absolute Gasteiger partial charge is 0.395 e. The summed E-state index contributed by atoms with van der Waals surface area (Å²) in [5.74, 6) is 0.349. The molecule has 7 nitrogen and oxygen atoms in total. The summed E-state index contributed by atoms with van der Waals surface area (Å²) >= 11 is 1.64. The van der Waals surface area contributed by atoms with Crippen LogP contribution in [0.5, 0.6) is 0 Å². The molecule has 1 saturated carbocycles. The van der Waals surface area contributed by atoms with E-state index in [1.54, 1.807) is 43.4 Å².